The van der Waals surface area contributed by atoms with Gasteiger partial charge in [0, 0.05) is 19.5 Å². The number of alkyl carbamates (subject to hydrolysis) is 2. The van der Waals surface area contributed by atoms with Gasteiger partial charge in [0.25, 0.3) is 0 Å². The van der Waals surface area contributed by atoms with Gasteiger partial charge in [0.15, 0.2) is 0 Å². The molecule has 6 amide bonds. The van der Waals surface area contributed by atoms with Gasteiger partial charge in [0.1, 0.15) is 35.6 Å². The summed E-state index contributed by atoms with van der Waals surface area (Å²) in [5.41, 5.74) is -1.24. The molecule has 0 aliphatic heterocycles. The molecule has 0 aromatic heterocycles. The normalized spacial score (nSPS) is 13.5. The smallest absolute Gasteiger partial charge is 0.407 e. The Hall–Kier alpha value is -3.91. The molecule has 0 aliphatic rings. The molecule has 342 valence electrons. The number of carbonyl (C=O) groups is 7. The standard InChI is InChI=1S/C44H82N6O9/c1-10-11-12-13-14-15-16-17-18-19-20-21-22-29-37(52)50-36(28-24-26-31-46-42(57)59-44(7,8)9)40(55)48-33(2)38(53)47-34(3)39(54)49-35(32-51)27-23-25-30-45-41(56)58-43(4,5)6/h32-36H,10-31H2,1-9H3,(H,45,56)(H,46,57)(H,47,53)(H,48,55)(H,49,54)(H,50,52)/t33-,34-,35-,36-/m0/s1. The lowest BCUT2D eigenvalue weighted by Gasteiger charge is -2.23. The number of amides is 6. The number of unbranched alkanes of at least 4 members (excludes halogenated alkanes) is 14. The van der Waals surface area contributed by atoms with Crippen molar-refractivity contribution in [2.45, 2.75) is 226 Å². The van der Waals surface area contributed by atoms with Crippen LogP contribution in [0.4, 0.5) is 9.59 Å². The highest BCUT2D eigenvalue weighted by molar-refractivity contribution is 5.94. The molecule has 0 rings (SSSR count). The third-order valence-corrected chi connectivity index (χ3v) is 9.35. The van der Waals surface area contributed by atoms with Crippen molar-refractivity contribution >= 4 is 42.1 Å². The van der Waals surface area contributed by atoms with E-state index in [0.29, 0.717) is 57.9 Å². The van der Waals surface area contributed by atoms with Crippen molar-refractivity contribution in [3.8, 4) is 0 Å². The van der Waals surface area contributed by atoms with Crippen molar-refractivity contribution in [2.24, 2.45) is 0 Å². The summed E-state index contributed by atoms with van der Waals surface area (Å²) in [6.45, 7) is 16.5. The number of aldehydes is 1. The lowest BCUT2D eigenvalue weighted by atomic mass is 10.0. The van der Waals surface area contributed by atoms with Crippen LogP contribution in [-0.4, -0.2) is 90.6 Å². The molecule has 0 saturated carbocycles. The fourth-order valence-electron chi connectivity index (χ4n) is 6.08. The molecule has 6 N–H and O–H groups in total. The van der Waals surface area contributed by atoms with Crippen LogP contribution >= 0.6 is 0 Å². The van der Waals surface area contributed by atoms with Crippen LogP contribution in [-0.2, 0) is 33.4 Å². The Labute approximate surface area is 355 Å². The summed E-state index contributed by atoms with van der Waals surface area (Å²) in [4.78, 5) is 87.7. The van der Waals surface area contributed by atoms with Crippen LogP contribution in [0.3, 0.4) is 0 Å². The maximum atomic E-state index is 13.4. The number of hydrogen-bond acceptors (Lipinski definition) is 9. The van der Waals surface area contributed by atoms with Crippen LogP contribution in [0.1, 0.15) is 191 Å². The Bertz CT molecular complexity index is 1230. The molecule has 0 aliphatic carbocycles. The van der Waals surface area contributed by atoms with Crippen LogP contribution in [0.5, 0.6) is 0 Å². The lowest BCUT2D eigenvalue weighted by Crippen LogP contribution is -2.55. The van der Waals surface area contributed by atoms with Crippen LogP contribution < -0.4 is 31.9 Å². The average Bonchev–Trinajstić information content (AvgIpc) is 3.13. The topological polar surface area (TPSA) is 210 Å². The monoisotopic (exact) mass is 839 g/mol. The summed E-state index contributed by atoms with van der Waals surface area (Å²) < 4.78 is 10.5. The van der Waals surface area contributed by atoms with Crippen LogP contribution in [0.25, 0.3) is 0 Å². The van der Waals surface area contributed by atoms with E-state index in [4.69, 9.17) is 9.47 Å². The molecular weight excluding hydrogens is 757 g/mol. The molecular formula is C44H82N6O9. The second kappa shape index (κ2) is 31.9. The zero-order chi connectivity index (χ0) is 44.7. The van der Waals surface area contributed by atoms with Gasteiger partial charge in [-0.1, -0.05) is 84.0 Å². The van der Waals surface area contributed by atoms with Gasteiger partial charge in [0.05, 0.1) is 6.04 Å². The lowest BCUT2D eigenvalue weighted by molar-refractivity contribution is -0.133. The molecule has 0 unspecified atom stereocenters. The van der Waals surface area contributed by atoms with Crippen molar-refractivity contribution in [2.75, 3.05) is 13.1 Å². The summed E-state index contributed by atoms with van der Waals surface area (Å²) in [5, 5.41) is 16.0. The number of carbonyl (C=O) groups excluding carboxylic acids is 7. The van der Waals surface area contributed by atoms with E-state index in [1.165, 1.54) is 71.6 Å². The van der Waals surface area contributed by atoms with E-state index in [0.717, 1.165) is 19.3 Å². The summed E-state index contributed by atoms with van der Waals surface area (Å²) in [6, 6.07) is -3.74. The third kappa shape index (κ3) is 32.6. The predicted molar refractivity (Wildman–Crippen MR) is 232 cm³/mol. The van der Waals surface area contributed by atoms with Gasteiger partial charge in [-0.15, -0.1) is 0 Å². The molecule has 0 aromatic carbocycles. The zero-order valence-corrected chi connectivity index (χ0v) is 38.1. The summed E-state index contributed by atoms with van der Waals surface area (Å²) >= 11 is 0. The van der Waals surface area contributed by atoms with Crippen LogP contribution in [0.2, 0.25) is 0 Å². The second-order valence-corrected chi connectivity index (χ2v) is 17.7. The zero-order valence-electron chi connectivity index (χ0n) is 38.1. The van der Waals surface area contributed by atoms with E-state index < -0.39 is 65.3 Å². The maximum Gasteiger partial charge on any atom is 0.407 e. The minimum absolute atomic E-state index is 0.244. The number of ether oxygens (including phenoxy) is 2. The van der Waals surface area contributed by atoms with Crippen molar-refractivity contribution in [3.05, 3.63) is 0 Å². The van der Waals surface area contributed by atoms with Crippen molar-refractivity contribution in [1.29, 1.82) is 0 Å². The Morgan fingerprint density at radius 2 is 0.915 bits per heavy atom. The molecule has 0 saturated heterocycles. The molecule has 4 atom stereocenters. The molecule has 15 heteroatoms. The van der Waals surface area contributed by atoms with Gasteiger partial charge in [-0.05, 0) is 100 Å². The SMILES string of the molecule is CCCCCCCCCCCCCCCC(=O)N[C@@H](CCCCNC(=O)OC(C)(C)C)C(=O)N[C@@H](C)C(=O)N[C@@H](C)C(=O)N[C@H](C=O)CCCCNC(=O)OC(C)(C)C. The quantitative estimate of drug-likeness (QED) is 0.0303. The Morgan fingerprint density at radius 3 is 1.36 bits per heavy atom. The molecule has 0 spiro atoms. The van der Waals surface area contributed by atoms with Gasteiger partial charge in [-0.3, -0.25) is 19.2 Å². The fourth-order valence-corrected chi connectivity index (χ4v) is 6.08. The summed E-state index contributed by atoms with van der Waals surface area (Å²) in [5.74, 6) is -1.97. The first-order valence-electron chi connectivity index (χ1n) is 22.4. The van der Waals surface area contributed by atoms with Crippen LogP contribution in [0, 0.1) is 0 Å². The molecule has 0 fully saturated rings. The first-order valence-corrected chi connectivity index (χ1v) is 22.4. The molecule has 59 heavy (non-hydrogen) atoms. The fraction of sp³-hybridized carbons (Fsp3) is 0.841. The van der Waals surface area contributed by atoms with E-state index in [9.17, 15) is 33.6 Å². The molecule has 0 bridgehead atoms. The molecule has 0 heterocycles. The van der Waals surface area contributed by atoms with Crippen LogP contribution in [0.15, 0.2) is 0 Å². The average molecular weight is 839 g/mol. The second-order valence-electron chi connectivity index (χ2n) is 17.7. The van der Waals surface area contributed by atoms with Gasteiger partial charge < -0.3 is 46.2 Å². The minimum Gasteiger partial charge on any atom is -0.444 e. The van der Waals surface area contributed by atoms with Crippen molar-refractivity contribution in [3.63, 3.8) is 0 Å². The van der Waals surface area contributed by atoms with Crippen molar-refractivity contribution < 1.29 is 43.0 Å². The largest absolute Gasteiger partial charge is 0.444 e. The van der Waals surface area contributed by atoms with E-state index >= 15 is 0 Å². The molecule has 0 aromatic rings. The van der Waals surface area contributed by atoms with Gasteiger partial charge in [-0.25, -0.2) is 9.59 Å². The van der Waals surface area contributed by atoms with E-state index in [1.54, 1.807) is 41.5 Å². The number of rotatable bonds is 32. The molecule has 0 radical (unpaired) electrons. The Balaban J connectivity index is 4.94. The van der Waals surface area contributed by atoms with Gasteiger partial charge in [0.2, 0.25) is 23.6 Å². The number of hydrogen-bond donors (Lipinski definition) is 6. The minimum atomic E-state index is -1.04. The first kappa shape index (κ1) is 55.1. The predicted octanol–water partition coefficient (Wildman–Crippen LogP) is 7.04. The Kier molecular flexibility index (Phi) is 29.8. The highest BCUT2D eigenvalue weighted by Gasteiger charge is 2.27. The third-order valence-electron chi connectivity index (χ3n) is 9.35. The highest BCUT2D eigenvalue weighted by atomic mass is 16.6. The van der Waals surface area contributed by atoms with Crippen molar-refractivity contribution in [1.82, 2.24) is 31.9 Å². The van der Waals surface area contributed by atoms with Gasteiger partial charge in [-0.2, -0.15) is 0 Å². The summed E-state index contributed by atoms with van der Waals surface area (Å²) in [7, 11) is 0. The van der Waals surface area contributed by atoms with Gasteiger partial charge >= 0.3 is 12.2 Å². The number of nitrogens with one attached hydrogen (secondary N) is 6. The first-order chi connectivity index (χ1) is 27.8. The van der Waals surface area contributed by atoms with E-state index in [2.05, 4.69) is 38.8 Å². The van der Waals surface area contributed by atoms with E-state index in [1.807, 2.05) is 0 Å². The maximum absolute atomic E-state index is 13.4. The van der Waals surface area contributed by atoms with E-state index in [-0.39, 0.29) is 18.7 Å². The summed E-state index contributed by atoms with van der Waals surface area (Å²) in [6.07, 6.45) is 18.1. The molecule has 15 nitrogen and oxygen atoms in total. The highest BCUT2D eigenvalue weighted by Crippen LogP contribution is 2.14. The Morgan fingerprint density at radius 1 is 0.508 bits per heavy atom.